The molecule has 0 aliphatic carbocycles. The van der Waals surface area contributed by atoms with Gasteiger partial charge in [-0.2, -0.15) is 0 Å². The Kier molecular flexibility index (Phi) is 7.43. The van der Waals surface area contributed by atoms with Gasteiger partial charge in [-0.25, -0.2) is 0 Å². The van der Waals surface area contributed by atoms with Gasteiger partial charge >= 0.3 is 0 Å². The molecule has 5 heteroatoms. The summed E-state index contributed by atoms with van der Waals surface area (Å²) in [4.78, 5) is 11.6. The molecule has 0 heterocycles. The van der Waals surface area contributed by atoms with E-state index in [1.54, 1.807) is 6.07 Å². The topological polar surface area (TPSA) is 52.3 Å². The van der Waals surface area contributed by atoms with Crippen LogP contribution in [0.2, 0.25) is 37.8 Å². The number of amides is 1. The minimum atomic E-state index is -1.74. The summed E-state index contributed by atoms with van der Waals surface area (Å²) in [5, 5.41) is 1.53. The average Bonchev–Trinajstić information content (AvgIpc) is 2.48. The Bertz CT molecular complexity index is 703. The van der Waals surface area contributed by atoms with Crippen molar-refractivity contribution in [1.82, 2.24) is 0 Å². The second kappa shape index (κ2) is 8.53. The zero-order chi connectivity index (χ0) is 20.2. The van der Waals surface area contributed by atoms with E-state index in [-0.39, 0.29) is 5.04 Å². The van der Waals surface area contributed by atoms with Crippen LogP contribution >= 0.6 is 0 Å². The van der Waals surface area contributed by atoms with Gasteiger partial charge in [0.15, 0.2) is 8.32 Å². The van der Waals surface area contributed by atoms with E-state index in [9.17, 15) is 4.79 Å². The lowest BCUT2D eigenvalue weighted by Crippen LogP contribution is -2.41. The first-order valence-corrected chi connectivity index (χ1v) is 15.7. The maximum Gasteiger partial charge on any atom is 0.249 e. The highest BCUT2D eigenvalue weighted by molar-refractivity contribution is 6.83. The predicted octanol–water partition coefficient (Wildman–Crippen LogP) is 5.61. The van der Waals surface area contributed by atoms with E-state index < -0.39 is 22.3 Å². The molecule has 0 bridgehead atoms. The lowest BCUT2D eigenvalue weighted by molar-refractivity contribution is 0.1000. The molecular formula is C21H35NO2Si2. The maximum atomic E-state index is 11.6. The van der Waals surface area contributed by atoms with Crippen LogP contribution in [0.5, 0.6) is 0 Å². The summed E-state index contributed by atoms with van der Waals surface area (Å²) >= 11 is 0. The lowest BCUT2D eigenvalue weighted by atomic mass is 10.1. The van der Waals surface area contributed by atoms with Crippen LogP contribution in [0.4, 0.5) is 0 Å². The van der Waals surface area contributed by atoms with Gasteiger partial charge in [0.2, 0.25) is 5.91 Å². The molecule has 0 atom stereocenters. The molecule has 2 N–H and O–H groups in total. The van der Waals surface area contributed by atoms with Crippen LogP contribution < -0.4 is 5.73 Å². The van der Waals surface area contributed by atoms with Crippen LogP contribution in [-0.4, -0.2) is 28.9 Å². The fraction of sp³-hybridized carbons (Fsp3) is 0.524. The first kappa shape index (κ1) is 22.6. The minimum absolute atomic E-state index is 0.215. The Balaban J connectivity index is 3.06. The molecule has 1 aromatic carbocycles. The fourth-order valence-electron chi connectivity index (χ4n) is 2.30. The molecule has 3 nitrogen and oxygen atoms in total. The zero-order valence-corrected chi connectivity index (χ0v) is 19.7. The van der Waals surface area contributed by atoms with E-state index in [1.807, 2.05) is 24.3 Å². The van der Waals surface area contributed by atoms with Crippen molar-refractivity contribution in [3.8, 4) is 0 Å². The molecule has 1 amide bonds. The second-order valence-electron chi connectivity index (χ2n) is 9.33. The first-order valence-electron chi connectivity index (χ1n) is 9.24. The summed E-state index contributed by atoms with van der Waals surface area (Å²) < 4.78 is 6.35. The van der Waals surface area contributed by atoms with Gasteiger partial charge in [-0.1, -0.05) is 58.6 Å². The van der Waals surface area contributed by atoms with Crippen molar-refractivity contribution in [1.29, 1.82) is 0 Å². The van der Waals surface area contributed by atoms with Crippen molar-refractivity contribution >= 4 is 28.4 Å². The molecule has 0 spiro atoms. The molecule has 0 aliphatic heterocycles. The summed E-state index contributed by atoms with van der Waals surface area (Å²) in [6.07, 6.45) is 2.79. The number of carbonyl (C=O) groups is 1. The summed E-state index contributed by atoms with van der Waals surface area (Å²) in [6.45, 7) is 19.0. The molecule has 1 aromatic rings. The fourth-order valence-corrected chi connectivity index (χ4v) is 4.70. The van der Waals surface area contributed by atoms with Crippen LogP contribution in [-0.2, 0) is 4.43 Å². The van der Waals surface area contributed by atoms with Gasteiger partial charge in [-0.15, -0.1) is 5.73 Å². The van der Waals surface area contributed by atoms with Gasteiger partial charge < -0.3 is 10.2 Å². The van der Waals surface area contributed by atoms with Crippen LogP contribution in [0.15, 0.2) is 35.2 Å². The van der Waals surface area contributed by atoms with Crippen molar-refractivity contribution in [2.75, 3.05) is 6.61 Å². The van der Waals surface area contributed by atoms with Crippen molar-refractivity contribution in [2.24, 2.45) is 5.73 Å². The van der Waals surface area contributed by atoms with E-state index in [4.69, 9.17) is 10.2 Å². The van der Waals surface area contributed by atoms with Crippen molar-refractivity contribution in [3.63, 3.8) is 0 Å². The van der Waals surface area contributed by atoms with Crippen LogP contribution in [0.25, 0.3) is 6.08 Å². The number of benzene rings is 1. The largest absolute Gasteiger partial charge is 0.416 e. The minimum Gasteiger partial charge on any atom is -0.416 e. The molecule has 0 fully saturated rings. The molecular weight excluding hydrogens is 354 g/mol. The monoisotopic (exact) mass is 389 g/mol. The molecule has 0 saturated heterocycles. The van der Waals surface area contributed by atoms with Crippen molar-refractivity contribution in [2.45, 2.75) is 65.0 Å². The van der Waals surface area contributed by atoms with Gasteiger partial charge in [0.1, 0.15) is 0 Å². The molecule has 144 valence electrons. The molecule has 1 rings (SSSR count). The van der Waals surface area contributed by atoms with Gasteiger partial charge in [0, 0.05) is 12.2 Å². The smallest absolute Gasteiger partial charge is 0.249 e. The van der Waals surface area contributed by atoms with E-state index in [2.05, 4.69) is 59.2 Å². The normalized spacial score (nSPS) is 12.5. The number of hydrogen-bond acceptors (Lipinski definition) is 2. The van der Waals surface area contributed by atoms with E-state index >= 15 is 0 Å². The Hall–Kier alpha value is -1.40. The Labute approximate surface area is 161 Å². The summed E-state index contributed by atoms with van der Waals surface area (Å²) in [7, 11) is -3.27. The van der Waals surface area contributed by atoms with E-state index in [0.29, 0.717) is 5.56 Å². The Morgan fingerprint density at radius 3 is 2.23 bits per heavy atom. The molecule has 0 saturated carbocycles. The predicted molar refractivity (Wildman–Crippen MR) is 118 cm³/mol. The lowest BCUT2D eigenvalue weighted by Gasteiger charge is -2.36. The SMILES string of the molecule is CC(C)(C)[Si](C)(C)OCCC(=C=Cc1ccccc1C(N)=O)[Si](C)(C)C. The molecule has 0 unspecified atom stereocenters. The maximum absolute atomic E-state index is 11.6. The Morgan fingerprint density at radius 1 is 1.15 bits per heavy atom. The quantitative estimate of drug-likeness (QED) is 0.486. The summed E-state index contributed by atoms with van der Waals surface area (Å²) in [6, 6.07) is 7.40. The molecule has 0 aliphatic rings. The van der Waals surface area contributed by atoms with Crippen LogP contribution in [0.1, 0.15) is 43.1 Å². The molecule has 26 heavy (non-hydrogen) atoms. The van der Waals surface area contributed by atoms with Crippen molar-refractivity contribution < 1.29 is 9.22 Å². The number of rotatable bonds is 7. The zero-order valence-electron chi connectivity index (χ0n) is 17.7. The highest BCUT2D eigenvalue weighted by Gasteiger charge is 2.37. The highest BCUT2D eigenvalue weighted by Crippen LogP contribution is 2.36. The standard InChI is InChI=1S/C21H35NO2Si2/c1-21(2,3)26(7,8)24-16-15-18(25(4,5)6)14-13-17-11-9-10-12-19(17)20(22)23/h9-13H,15-16H2,1-8H3,(H2,22,23). The van der Waals surface area contributed by atoms with Gasteiger partial charge in [0.25, 0.3) is 0 Å². The average molecular weight is 390 g/mol. The van der Waals surface area contributed by atoms with Gasteiger partial charge in [-0.05, 0) is 47.5 Å². The van der Waals surface area contributed by atoms with E-state index in [1.165, 1.54) is 5.20 Å². The summed E-state index contributed by atoms with van der Waals surface area (Å²) in [5.74, 6) is -0.408. The van der Waals surface area contributed by atoms with Crippen molar-refractivity contribution in [3.05, 3.63) is 46.3 Å². The third-order valence-corrected chi connectivity index (χ3v) is 11.9. The summed E-state index contributed by atoms with van der Waals surface area (Å²) in [5.41, 5.74) is 10.3. The third kappa shape index (κ3) is 6.40. The van der Waals surface area contributed by atoms with E-state index in [0.717, 1.165) is 18.6 Å². The first-order chi connectivity index (χ1) is 11.8. The number of carbonyl (C=O) groups excluding carboxylic acids is 1. The Morgan fingerprint density at radius 2 is 1.73 bits per heavy atom. The number of primary amides is 1. The molecule has 0 aromatic heterocycles. The van der Waals surface area contributed by atoms with Gasteiger partial charge in [0.05, 0.1) is 8.07 Å². The van der Waals surface area contributed by atoms with Crippen LogP contribution in [0, 0.1) is 0 Å². The number of hydrogen-bond donors (Lipinski definition) is 1. The highest BCUT2D eigenvalue weighted by atomic mass is 28.4. The molecule has 0 radical (unpaired) electrons. The van der Waals surface area contributed by atoms with Gasteiger partial charge in [-0.3, -0.25) is 4.79 Å². The third-order valence-electron chi connectivity index (χ3n) is 5.15. The number of nitrogens with two attached hydrogens (primary N) is 1. The van der Waals surface area contributed by atoms with Crippen LogP contribution in [0.3, 0.4) is 0 Å². The second-order valence-corrected chi connectivity index (χ2v) is 19.2.